The van der Waals surface area contributed by atoms with E-state index in [0.29, 0.717) is 11.4 Å². The minimum Gasteiger partial charge on any atom is -0.346 e. The Labute approximate surface area is 183 Å². The molecule has 0 fully saturated rings. The molecular formula is C23H18N6O3. The van der Waals surface area contributed by atoms with Gasteiger partial charge >= 0.3 is 6.03 Å². The Morgan fingerprint density at radius 2 is 1.62 bits per heavy atom. The zero-order chi connectivity index (χ0) is 22.3. The highest BCUT2D eigenvalue weighted by molar-refractivity contribution is 6.05. The van der Waals surface area contributed by atoms with E-state index in [2.05, 4.69) is 20.6 Å². The van der Waals surface area contributed by atoms with E-state index in [1.165, 1.54) is 41.8 Å². The minimum absolute atomic E-state index is 0.0803. The summed E-state index contributed by atoms with van der Waals surface area (Å²) in [6.07, 6.45) is 2.77. The van der Waals surface area contributed by atoms with Gasteiger partial charge in [-0.05, 0) is 24.3 Å². The van der Waals surface area contributed by atoms with Gasteiger partial charge in [0.2, 0.25) is 0 Å². The first-order valence-corrected chi connectivity index (χ1v) is 9.65. The number of aliphatic imine (C=N–C) groups is 2. The first kappa shape index (κ1) is 20.5. The van der Waals surface area contributed by atoms with Gasteiger partial charge in [0.05, 0.1) is 23.3 Å². The molecule has 1 heterocycles. The van der Waals surface area contributed by atoms with Gasteiger partial charge in [0, 0.05) is 23.4 Å². The fourth-order valence-corrected chi connectivity index (χ4v) is 3.06. The molecule has 0 saturated carbocycles. The quantitative estimate of drug-likeness (QED) is 0.259. The summed E-state index contributed by atoms with van der Waals surface area (Å²) in [5.74, 6) is 0.250. The topological polar surface area (TPSA) is 112 Å². The lowest BCUT2D eigenvalue weighted by Crippen LogP contribution is -2.37. The third-order valence-corrected chi connectivity index (χ3v) is 4.57. The van der Waals surface area contributed by atoms with Crippen molar-refractivity contribution in [1.82, 2.24) is 5.32 Å². The van der Waals surface area contributed by atoms with Crippen molar-refractivity contribution in [1.29, 1.82) is 0 Å². The number of nitrogens with one attached hydrogen (secondary N) is 2. The number of non-ortho nitro benzene ring substituents is 1. The highest BCUT2D eigenvalue weighted by Crippen LogP contribution is 2.30. The lowest BCUT2D eigenvalue weighted by Gasteiger charge is -2.22. The Kier molecular flexibility index (Phi) is 5.98. The molecule has 1 aliphatic heterocycles. The van der Waals surface area contributed by atoms with Crippen LogP contribution in [-0.4, -0.2) is 23.6 Å². The summed E-state index contributed by atoms with van der Waals surface area (Å²) < 4.78 is 0. The largest absolute Gasteiger partial charge is 0.346 e. The molecule has 0 aromatic heterocycles. The molecular weight excluding hydrogens is 408 g/mol. The lowest BCUT2D eigenvalue weighted by molar-refractivity contribution is -0.384. The van der Waals surface area contributed by atoms with Gasteiger partial charge in [-0.1, -0.05) is 48.5 Å². The van der Waals surface area contributed by atoms with Crippen molar-refractivity contribution in [3.8, 4) is 0 Å². The zero-order valence-corrected chi connectivity index (χ0v) is 16.8. The Morgan fingerprint density at radius 3 is 2.28 bits per heavy atom. The molecule has 0 radical (unpaired) electrons. The molecule has 2 N–H and O–H groups in total. The van der Waals surface area contributed by atoms with E-state index in [0.717, 1.165) is 11.3 Å². The van der Waals surface area contributed by atoms with Crippen LogP contribution in [0.2, 0.25) is 0 Å². The van der Waals surface area contributed by atoms with E-state index < -0.39 is 11.0 Å². The number of hydrogen-bond donors (Lipinski definition) is 2. The van der Waals surface area contributed by atoms with Crippen molar-refractivity contribution in [3.63, 3.8) is 0 Å². The van der Waals surface area contributed by atoms with E-state index in [1.54, 1.807) is 0 Å². The van der Waals surface area contributed by atoms with Gasteiger partial charge in [-0.25, -0.2) is 19.7 Å². The molecule has 3 aromatic rings. The van der Waals surface area contributed by atoms with Crippen LogP contribution >= 0.6 is 0 Å². The average Bonchev–Trinajstić information content (AvgIpc) is 2.99. The number of urea groups is 1. The molecule has 0 atom stereocenters. The second-order valence-electron chi connectivity index (χ2n) is 6.62. The van der Waals surface area contributed by atoms with Crippen molar-refractivity contribution < 1.29 is 9.72 Å². The van der Waals surface area contributed by atoms with Gasteiger partial charge in [-0.15, -0.1) is 0 Å². The van der Waals surface area contributed by atoms with Gasteiger partial charge in [0.1, 0.15) is 5.70 Å². The Morgan fingerprint density at radius 1 is 0.969 bits per heavy atom. The third-order valence-electron chi connectivity index (χ3n) is 4.57. The second-order valence-corrected chi connectivity index (χ2v) is 6.62. The number of nitro benzene ring substituents is 1. The molecule has 9 heteroatoms. The standard InChI is InChI=1S/C23H18N6O3/c30-23-27-16-25-21(17-7-3-1-4-8-17)22(26-15-24-18-9-5-2-6-10-18)28(23)19-11-13-20(14-12-19)29(31)32/h1-16H,(H,24,26)(H,25,27,30). The number of nitro groups is 1. The predicted octanol–water partition coefficient (Wildman–Crippen LogP) is 4.62. The van der Waals surface area contributed by atoms with Crippen molar-refractivity contribution in [3.05, 3.63) is 106 Å². The number of amides is 2. The van der Waals surface area contributed by atoms with Gasteiger partial charge in [0.25, 0.3) is 5.69 Å². The van der Waals surface area contributed by atoms with E-state index >= 15 is 0 Å². The smallest absolute Gasteiger partial charge is 0.332 e. The summed E-state index contributed by atoms with van der Waals surface area (Å²) in [5, 5.41) is 16.7. The van der Waals surface area contributed by atoms with Crippen LogP contribution in [0.15, 0.2) is 101 Å². The molecule has 3 aromatic carbocycles. The normalized spacial score (nSPS) is 13.8. The van der Waals surface area contributed by atoms with Crippen LogP contribution in [0.4, 0.5) is 21.9 Å². The predicted molar refractivity (Wildman–Crippen MR) is 125 cm³/mol. The molecule has 0 aliphatic carbocycles. The lowest BCUT2D eigenvalue weighted by atomic mass is 10.1. The van der Waals surface area contributed by atoms with E-state index in [-0.39, 0.29) is 11.5 Å². The maximum absolute atomic E-state index is 12.9. The molecule has 9 nitrogen and oxygen atoms in total. The zero-order valence-electron chi connectivity index (χ0n) is 16.8. The van der Waals surface area contributed by atoms with Crippen molar-refractivity contribution in [2.75, 3.05) is 10.2 Å². The second kappa shape index (κ2) is 9.35. The molecule has 0 bridgehead atoms. The number of anilines is 2. The summed E-state index contributed by atoms with van der Waals surface area (Å²) in [7, 11) is 0. The SMILES string of the molecule is O=C1NC=NC(c2ccccc2)=C(N=CNc2ccccc2)N1c1ccc([N+](=O)[O-])cc1. The molecule has 2 amide bonds. The van der Waals surface area contributed by atoms with Crippen molar-refractivity contribution >= 4 is 41.5 Å². The van der Waals surface area contributed by atoms with Gasteiger partial charge in [-0.3, -0.25) is 15.4 Å². The molecule has 0 saturated heterocycles. The van der Waals surface area contributed by atoms with Gasteiger partial charge in [-0.2, -0.15) is 0 Å². The molecule has 0 unspecified atom stereocenters. The summed E-state index contributed by atoms with van der Waals surface area (Å²) >= 11 is 0. The molecule has 4 rings (SSSR count). The molecule has 1 aliphatic rings. The Hall–Kier alpha value is -4.79. The molecule has 32 heavy (non-hydrogen) atoms. The van der Waals surface area contributed by atoms with Crippen LogP contribution in [-0.2, 0) is 0 Å². The fourth-order valence-electron chi connectivity index (χ4n) is 3.06. The molecule has 158 valence electrons. The maximum Gasteiger partial charge on any atom is 0.332 e. The van der Waals surface area contributed by atoms with Crippen LogP contribution in [0, 0.1) is 10.1 Å². The van der Waals surface area contributed by atoms with Crippen LogP contribution in [0.1, 0.15) is 5.56 Å². The average molecular weight is 426 g/mol. The third kappa shape index (κ3) is 4.51. The summed E-state index contributed by atoms with van der Waals surface area (Å²) in [6.45, 7) is 0. The first-order valence-electron chi connectivity index (χ1n) is 9.65. The van der Waals surface area contributed by atoms with Crippen molar-refractivity contribution in [2.24, 2.45) is 9.98 Å². The number of rotatable bonds is 6. The van der Waals surface area contributed by atoms with Gasteiger partial charge < -0.3 is 5.32 Å². The highest BCUT2D eigenvalue weighted by Gasteiger charge is 2.26. The Bertz CT molecular complexity index is 1210. The fraction of sp³-hybridized carbons (Fsp3) is 0. The summed E-state index contributed by atoms with van der Waals surface area (Å²) in [5.41, 5.74) is 2.34. The number of carbonyl (C=O) groups excluding carboxylic acids is 1. The van der Waals surface area contributed by atoms with Crippen LogP contribution in [0.3, 0.4) is 0 Å². The van der Waals surface area contributed by atoms with E-state index in [4.69, 9.17) is 0 Å². The van der Waals surface area contributed by atoms with Crippen LogP contribution < -0.4 is 15.5 Å². The summed E-state index contributed by atoms with van der Waals surface area (Å²) in [6, 6.07) is 23.9. The van der Waals surface area contributed by atoms with E-state index in [1.807, 2.05) is 60.7 Å². The number of nitrogens with zero attached hydrogens (tertiary/aromatic N) is 4. The first-order chi connectivity index (χ1) is 15.6. The summed E-state index contributed by atoms with van der Waals surface area (Å²) in [4.78, 5) is 33.7. The van der Waals surface area contributed by atoms with Crippen LogP contribution in [0.5, 0.6) is 0 Å². The minimum atomic E-state index is -0.500. The number of benzene rings is 3. The Balaban J connectivity index is 1.81. The molecule has 0 spiro atoms. The number of carbonyl (C=O) groups is 1. The van der Waals surface area contributed by atoms with E-state index in [9.17, 15) is 14.9 Å². The van der Waals surface area contributed by atoms with Crippen LogP contribution in [0.25, 0.3) is 5.70 Å². The van der Waals surface area contributed by atoms with Crippen molar-refractivity contribution in [2.45, 2.75) is 0 Å². The number of para-hydroxylation sites is 1. The van der Waals surface area contributed by atoms with Gasteiger partial charge in [0.15, 0.2) is 5.82 Å². The number of hydrogen-bond acceptors (Lipinski definition) is 5. The monoisotopic (exact) mass is 426 g/mol. The highest BCUT2D eigenvalue weighted by atomic mass is 16.6. The maximum atomic E-state index is 12.9.